The minimum atomic E-state index is 0.485. The standard InChI is InChI=1S/C14H20O/c1-2-3-5-10-14-13(11-15-14)12-8-6-4-7-9-12/h4,6-9,13-14H,2-3,5,10-11H2,1H3. The van der Waals surface area contributed by atoms with Crippen molar-refractivity contribution in [2.24, 2.45) is 0 Å². The molecule has 0 radical (unpaired) electrons. The highest BCUT2D eigenvalue weighted by atomic mass is 16.5. The van der Waals surface area contributed by atoms with E-state index in [2.05, 4.69) is 37.3 Å². The summed E-state index contributed by atoms with van der Waals surface area (Å²) in [4.78, 5) is 0. The Bertz CT molecular complexity index is 281. The molecule has 1 aromatic rings. The fourth-order valence-corrected chi connectivity index (χ4v) is 2.22. The van der Waals surface area contributed by atoms with Gasteiger partial charge in [-0.3, -0.25) is 0 Å². The number of rotatable bonds is 5. The predicted octanol–water partition coefficient (Wildman–Crippen LogP) is 3.75. The van der Waals surface area contributed by atoms with E-state index in [1.807, 2.05) is 0 Å². The first-order valence-electron chi connectivity index (χ1n) is 6.08. The average molecular weight is 204 g/mol. The van der Waals surface area contributed by atoms with Crippen LogP contribution in [0.2, 0.25) is 0 Å². The van der Waals surface area contributed by atoms with Crippen LogP contribution in [0.15, 0.2) is 30.3 Å². The summed E-state index contributed by atoms with van der Waals surface area (Å²) < 4.78 is 5.64. The molecule has 0 spiro atoms. The Hall–Kier alpha value is -0.820. The lowest BCUT2D eigenvalue weighted by molar-refractivity contribution is -0.0814. The maximum absolute atomic E-state index is 5.64. The summed E-state index contributed by atoms with van der Waals surface area (Å²) in [6.45, 7) is 3.16. The van der Waals surface area contributed by atoms with E-state index in [1.165, 1.54) is 31.2 Å². The Balaban J connectivity index is 1.84. The molecule has 1 fully saturated rings. The van der Waals surface area contributed by atoms with Gasteiger partial charge in [-0.15, -0.1) is 0 Å². The molecule has 0 aliphatic carbocycles. The van der Waals surface area contributed by atoms with Crippen LogP contribution in [0.1, 0.15) is 44.1 Å². The van der Waals surface area contributed by atoms with Crippen molar-refractivity contribution < 1.29 is 4.74 Å². The summed E-state index contributed by atoms with van der Waals surface area (Å²) in [5, 5.41) is 0. The van der Waals surface area contributed by atoms with E-state index in [0.717, 1.165) is 6.61 Å². The first kappa shape index (κ1) is 10.7. The van der Waals surface area contributed by atoms with Crippen LogP contribution in [0.25, 0.3) is 0 Å². The molecular formula is C14H20O. The van der Waals surface area contributed by atoms with Gasteiger partial charge in [0.15, 0.2) is 0 Å². The van der Waals surface area contributed by atoms with Crippen molar-refractivity contribution in [3.05, 3.63) is 35.9 Å². The highest BCUT2D eigenvalue weighted by Gasteiger charge is 2.32. The van der Waals surface area contributed by atoms with Crippen LogP contribution >= 0.6 is 0 Å². The number of hydrogen-bond donors (Lipinski definition) is 0. The SMILES string of the molecule is CCCCCC1OCC1c1ccccc1. The van der Waals surface area contributed by atoms with Gasteiger partial charge in [-0.05, 0) is 12.0 Å². The minimum absolute atomic E-state index is 0.485. The molecule has 0 amide bonds. The predicted molar refractivity (Wildman–Crippen MR) is 63.1 cm³/mol. The lowest BCUT2D eigenvalue weighted by Crippen LogP contribution is -2.37. The van der Waals surface area contributed by atoms with Crippen molar-refractivity contribution in [3.63, 3.8) is 0 Å². The summed E-state index contributed by atoms with van der Waals surface area (Å²) in [5.41, 5.74) is 1.45. The molecule has 82 valence electrons. The van der Waals surface area contributed by atoms with Crippen LogP contribution < -0.4 is 0 Å². The van der Waals surface area contributed by atoms with Gasteiger partial charge in [0.25, 0.3) is 0 Å². The van der Waals surface area contributed by atoms with Gasteiger partial charge < -0.3 is 4.74 Å². The van der Waals surface area contributed by atoms with Gasteiger partial charge in [0.1, 0.15) is 0 Å². The van der Waals surface area contributed by atoms with E-state index in [0.29, 0.717) is 12.0 Å². The fraction of sp³-hybridized carbons (Fsp3) is 0.571. The topological polar surface area (TPSA) is 9.23 Å². The Labute approximate surface area is 92.5 Å². The first-order valence-corrected chi connectivity index (χ1v) is 6.08. The Kier molecular flexibility index (Phi) is 3.79. The maximum atomic E-state index is 5.64. The summed E-state index contributed by atoms with van der Waals surface area (Å²) >= 11 is 0. The van der Waals surface area contributed by atoms with Gasteiger partial charge in [0, 0.05) is 5.92 Å². The van der Waals surface area contributed by atoms with Crippen molar-refractivity contribution in [2.75, 3.05) is 6.61 Å². The number of benzene rings is 1. The van der Waals surface area contributed by atoms with E-state index in [1.54, 1.807) is 0 Å². The third-order valence-electron chi connectivity index (χ3n) is 3.26. The molecule has 1 saturated heterocycles. The van der Waals surface area contributed by atoms with Crippen molar-refractivity contribution in [1.82, 2.24) is 0 Å². The monoisotopic (exact) mass is 204 g/mol. The highest BCUT2D eigenvalue weighted by Crippen LogP contribution is 2.34. The molecule has 15 heavy (non-hydrogen) atoms. The third-order valence-corrected chi connectivity index (χ3v) is 3.26. The number of ether oxygens (including phenoxy) is 1. The van der Waals surface area contributed by atoms with Gasteiger partial charge in [-0.1, -0.05) is 56.5 Å². The largest absolute Gasteiger partial charge is 0.377 e. The van der Waals surface area contributed by atoms with Gasteiger partial charge in [-0.2, -0.15) is 0 Å². The van der Waals surface area contributed by atoms with Crippen molar-refractivity contribution in [3.8, 4) is 0 Å². The van der Waals surface area contributed by atoms with Crippen molar-refractivity contribution >= 4 is 0 Å². The fourth-order valence-electron chi connectivity index (χ4n) is 2.22. The lowest BCUT2D eigenvalue weighted by Gasteiger charge is -2.37. The quantitative estimate of drug-likeness (QED) is 0.664. The molecule has 1 nitrogen and oxygen atoms in total. The van der Waals surface area contributed by atoms with E-state index in [-0.39, 0.29) is 0 Å². The van der Waals surface area contributed by atoms with Crippen LogP contribution in [0.3, 0.4) is 0 Å². The van der Waals surface area contributed by atoms with Crippen LogP contribution in [0, 0.1) is 0 Å². The van der Waals surface area contributed by atoms with E-state index < -0.39 is 0 Å². The maximum Gasteiger partial charge on any atom is 0.0666 e. The van der Waals surface area contributed by atoms with Gasteiger partial charge in [0.05, 0.1) is 12.7 Å². The second-order valence-corrected chi connectivity index (χ2v) is 4.38. The Morgan fingerprint density at radius 3 is 2.60 bits per heavy atom. The first-order chi connectivity index (χ1) is 7.42. The van der Waals surface area contributed by atoms with Gasteiger partial charge >= 0.3 is 0 Å². The number of hydrogen-bond acceptors (Lipinski definition) is 1. The molecule has 1 aliphatic heterocycles. The molecule has 2 atom stereocenters. The lowest BCUT2D eigenvalue weighted by atomic mass is 9.87. The van der Waals surface area contributed by atoms with Gasteiger partial charge in [-0.25, -0.2) is 0 Å². The van der Waals surface area contributed by atoms with E-state index in [9.17, 15) is 0 Å². The van der Waals surface area contributed by atoms with Crippen molar-refractivity contribution in [2.45, 2.75) is 44.6 Å². The van der Waals surface area contributed by atoms with Crippen LogP contribution in [0.5, 0.6) is 0 Å². The zero-order chi connectivity index (χ0) is 10.5. The molecule has 0 saturated carbocycles. The Morgan fingerprint density at radius 1 is 1.20 bits per heavy atom. The molecule has 0 aromatic heterocycles. The molecular weight excluding hydrogens is 184 g/mol. The van der Waals surface area contributed by atoms with Crippen LogP contribution in [-0.2, 0) is 4.74 Å². The molecule has 1 aliphatic rings. The zero-order valence-corrected chi connectivity index (χ0v) is 9.49. The summed E-state index contributed by atoms with van der Waals surface area (Å²) in [6.07, 6.45) is 5.65. The highest BCUT2D eigenvalue weighted by molar-refractivity contribution is 5.22. The smallest absolute Gasteiger partial charge is 0.0666 e. The van der Waals surface area contributed by atoms with E-state index >= 15 is 0 Å². The molecule has 1 heterocycles. The summed E-state index contributed by atoms with van der Waals surface area (Å²) in [6, 6.07) is 10.8. The molecule has 0 N–H and O–H groups in total. The number of unbranched alkanes of at least 4 members (excludes halogenated alkanes) is 2. The molecule has 1 heteroatoms. The average Bonchev–Trinajstić information content (AvgIpc) is 2.24. The zero-order valence-electron chi connectivity index (χ0n) is 9.49. The molecule has 0 bridgehead atoms. The second-order valence-electron chi connectivity index (χ2n) is 4.38. The van der Waals surface area contributed by atoms with Crippen LogP contribution in [-0.4, -0.2) is 12.7 Å². The molecule has 1 aromatic carbocycles. The third kappa shape index (κ3) is 2.60. The van der Waals surface area contributed by atoms with Crippen LogP contribution in [0.4, 0.5) is 0 Å². The summed E-state index contributed by atoms with van der Waals surface area (Å²) in [7, 11) is 0. The molecule has 2 unspecified atom stereocenters. The van der Waals surface area contributed by atoms with Gasteiger partial charge in [0.2, 0.25) is 0 Å². The summed E-state index contributed by atoms with van der Waals surface area (Å²) in [5.74, 6) is 0.656. The molecule has 2 rings (SSSR count). The normalized spacial score (nSPS) is 24.9. The van der Waals surface area contributed by atoms with Crippen molar-refractivity contribution in [1.29, 1.82) is 0 Å². The second kappa shape index (κ2) is 5.32. The van der Waals surface area contributed by atoms with E-state index in [4.69, 9.17) is 4.74 Å². The minimum Gasteiger partial charge on any atom is -0.377 e. The Morgan fingerprint density at radius 2 is 2.00 bits per heavy atom.